The van der Waals surface area contributed by atoms with Crippen LogP contribution in [0, 0.1) is 5.92 Å². The van der Waals surface area contributed by atoms with Crippen molar-refractivity contribution in [2.75, 3.05) is 31.3 Å². The van der Waals surface area contributed by atoms with Crippen molar-refractivity contribution in [3.05, 3.63) is 29.8 Å². The Kier molecular flexibility index (Phi) is 8.14. The lowest BCUT2D eigenvalue weighted by Crippen LogP contribution is -2.32. The summed E-state index contributed by atoms with van der Waals surface area (Å²) in [4.78, 5) is 12.5. The standard InChI is InChI=1S/C20H28N4O3S2/c1-13(2)18(14-6-8-15(26-3)9-7-14)22-17(25)12-28-20-24-23-19(29-20)21-11-16-5-4-10-27-16/h6-9,13,16,18H,4-5,10-12H2,1-3H3,(H,21,23)(H,22,25). The number of methoxy groups -OCH3 is 1. The van der Waals surface area contributed by atoms with Gasteiger partial charge >= 0.3 is 0 Å². The number of anilines is 1. The van der Waals surface area contributed by atoms with Gasteiger partial charge in [0, 0.05) is 13.2 Å². The summed E-state index contributed by atoms with van der Waals surface area (Å²) in [6.45, 7) is 5.78. The number of hydrogen-bond donors (Lipinski definition) is 2. The summed E-state index contributed by atoms with van der Waals surface area (Å²) in [5.74, 6) is 1.36. The second-order valence-electron chi connectivity index (χ2n) is 7.24. The molecule has 1 aromatic carbocycles. The first-order valence-corrected chi connectivity index (χ1v) is 11.6. The molecule has 0 radical (unpaired) electrons. The first kappa shape index (κ1) is 21.9. The molecule has 2 atom stereocenters. The average molecular weight is 437 g/mol. The van der Waals surface area contributed by atoms with Crippen LogP contribution in [0.4, 0.5) is 5.13 Å². The van der Waals surface area contributed by atoms with Crippen LogP contribution in [0.15, 0.2) is 28.6 Å². The maximum absolute atomic E-state index is 12.5. The third-order valence-electron chi connectivity index (χ3n) is 4.70. The molecule has 7 nitrogen and oxygen atoms in total. The maximum atomic E-state index is 12.5. The zero-order chi connectivity index (χ0) is 20.6. The predicted molar refractivity (Wildman–Crippen MR) is 117 cm³/mol. The van der Waals surface area contributed by atoms with Gasteiger partial charge in [0.1, 0.15) is 5.75 Å². The van der Waals surface area contributed by atoms with Crippen molar-refractivity contribution in [2.24, 2.45) is 5.92 Å². The van der Waals surface area contributed by atoms with Gasteiger partial charge in [0.15, 0.2) is 4.34 Å². The molecular weight excluding hydrogens is 408 g/mol. The molecule has 3 rings (SSSR count). The fourth-order valence-corrected chi connectivity index (χ4v) is 4.70. The molecule has 29 heavy (non-hydrogen) atoms. The summed E-state index contributed by atoms with van der Waals surface area (Å²) in [7, 11) is 1.64. The van der Waals surface area contributed by atoms with Crippen LogP contribution in [-0.4, -0.2) is 48.2 Å². The molecule has 1 fully saturated rings. The highest BCUT2D eigenvalue weighted by molar-refractivity contribution is 8.01. The van der Waals surface area contributed by atoms with Crippen molar-refractivity contribution < 1.29 is 14.3 Å². The summed E-state index contributed by atoms with van der Waals surface area (Å²) in [5, 5.41) is 15.5. The molecular formula is C20H28N4O3S2. The summed E-state index contributed by atoms with van der Waals surface area (Å²) in [6.07, 6.45) is 2.46. The Bertz CT molecular complexity index is 776. The highest BCUT2D eigenvalue weighted by atomic mass is 32.2. The van der Waals surface area contributed by atoms with Gasteiger partial charge in [-0.3, -0.25) is 4.79 Å². The molecule has 1 aromatic heterocycles. The van der Waals surface area contributed by atoms with Crippen molar-refractivity contribution in [3.63, 3.8) is 0 Å². The van der Waals surface area contributed by atoms with Crippen LogP contribution in [0.3, 0.4) is 0 Å². The fraction of sp³-hybridized carbons (Fsp3) is 0.550. The molecule has 9 heteroatoms. The number of nitrogens with zero attached hydrogens (tertiary/aromatic N) is 2. The molecule has 1 aliphatic heterocycles. The summed E-state index contributed by atoms with van der Waals surface area (Å²) in [6, 6.07) is 7.77. The zero-order valence-corrected chi connectivity index (χ0v) is 18.6. The highest BCUT2D eigenvalue weighted by Crippen LogP contribution is 2.27. The SMILES string of the molecule is COc1ccc(C(NC(=O)CSc2nnc(NCC3CCCO3)s2)C(C)C)cc1. The third kappa shape index (κ3) is 6.58. The number of carbonyl (C=O) groups is 1. The molecule has 2 unspecified atom stereocenters. The Morgan fingerprint density at radius 2 is 2.14 bits per heavy atom. The van der Waals surface area contributed by atoms with Crippen molar-refractivity contribution in [1.82, 2.24) is 15.5 Å². The van der Waals surface area contributed by atoms with E-state index in [2.05, 4.69) is 34.7 Å². The summed E-state index contributed by atoms with van der Waals surface area (Å²) < 4.78 is 11.6. The lowest BCUT2D eigenvalue weighted by atomic mass is 9.96. The monoisotopic (exact) mass is 436 g/mol. The summed E-state index contributed by atoms with van der Waals surface area (Å²) >= 11 is 2.87. The highest BCUT2D eigenvalue weighted by Gasteiger charge is 2.19. The first-order valence-electron chi connectivity index (χ1n) is 9.80. The van der Waals surface area contributed by atoms with Crippen LogP contribution in [0.5, 0.6) is 5.75 Å². The number of nitrogens with one attached hydrogen (secondary N) is 2. The Morgan fingerprint density at radius 1 is 1.34 bits per heavy atom. The number of aromatic nitrogens is 2. The van der Waals surface area contributed by atoms with E-state index in [1.54, 1.807) is 7.11 Å². The van der Waals surface area contributed by atoms with Crippen molar-refractivity contribution in [2.45, 2.75) is 43.2 Å². The van der Waals surface area contributed by atoms with E-state index in [0.29, 0.717) is 5.75 Å². The molecule has 0 spiro atoms. The molecule has 1 aliphatic rings. The van der Waals surface area contributed by atoms with Gasteiger partial charge in [-0.1, -0.05) is 49.1 Å². The minimum absolute atomic E-state index is 0.0198. The van der Waals surface area contributed by atoms with E-state index in [1.807, 2.05) is 24.3 Å². The van der Waals surface area contributed by atoms with E-state index in [-0.39, 0.29) is 24.0 Å². The normalized spacial score (nSPS) is 17.3. The molecule has 2 heterocycles. The van der Waals surface area contributed by atoms with Crippen molar-refractivity contribution >= 4 is 34.1 Å². The molecule has 1 saturated heterocycles. The zero-order valence-electron chi connectivity index (χ0n) is 17.0. The number of thioether (sulfide) groups is 1. The Labute approximate surface area is 180 Å². The van der Waals surface area contributed by atoms with E-state index in [1.165, 1.54) is 23.1 Å². The Morgan fingerprint density at radius 3 is 2.79 bits per heavy atom. The van der Waals surface area contributed by atoms with Crippen molar-refractivity contribution in [1.29, 1.82) is 0 Å². The molecule has 0 aliphatic carbocycles. The minimum Gasteiger partial charge on any atom is -0.497 e. The van der Waals surface area contributed by atoms with Gasteiger partial charge in [-0.15, -0.1) is 10.2 Å². The largest absolute Gasteiger partial charge is 0.497 e. The molecule has 158 valence electrons. The second kappa shape index (κ2) is 10.8. The number of benzene rings is 1. The quantitative estimate of drug-likeness (QED) is 0.549. The van der Waals surface area contributed by atoms with Crippen LogP contribution in [-0.2, 0) is 9.53 Å². The lowest BCUT2D eigenvalue weighted by Gasteiger charge is -2.23. The predicted octanol–water partition coefficient (Wildman–Crippen LogP) is 3.74. The number of hydrogen-bond acceptors (Lipinski definition) is 8. The lowest BCUT2D eigenvalue weighted by molar-refractivity contribution is -0.119. The number of amides is 1. The topological polar surface area (TPSA) is 85.4 Å². The second-order valence-corrected chi connectivity index (χ2v) is 9.44. The van der Waals surface area contributed by atoms with Crippen molar-refractivity contribution in [3.8, 4) is 5.75 Å². The number of ether oxygens (including phenoxy) is 2. The molecule has 2 N–H and O–H groups in total. The van der Waals surface area contributed by atoms with Gasteiger partial charge in [0.25, 0.3) is 0 Å². The smallest absolute Gasteiger partial charge is 0.230 e. The molecule has 0 saturated carbocycles. The molecule has 2 aromatic rings. The third-order valence-corrected chi connectivity index (χ3v) is 6.71. The van der Waals surface area contributed by atoms with Crippen LogP contribution in [0.2, 0.25) is 0 Å². The first-order chi connectivity index (χ1) is 14.0. The van der Waals surface area contributed by atoms with Gasteiger partial charge in [-0.2, -0.15) is 0 Å². The number of carbonyl (C=O) groups excluding carboxylic acids is 1. The van der Waals surface area contributed by atoms with E-state index in [0.717, 1.165) is 46.8 Å². The van der Waals surface area contributed by atoms with Crippen LogP contribution in [0.25, 0.3) is 0 Å². The van der Waals surface area contributed by atoms with E-state index in [4.69, 9.17) is 9.47 Å². The van der Waals surface area contributed by atoms with E-state index < -0.39 is 0 Å². The van der Waals surface area contributed by atoms with Crippen LogP contribution in [0.1, 0.15) is 38.3 Å². The van der Waals surface area contributed by atoms with Crippen LogP contribution < -0.4 is 15.4 Å². The van der Waals surface area contributed by atoms with E-state index >= 15 is 0 Å². The van der Waals surface area contributed by atoms with Gasteiger partial charge in [0.05, 0.1) is 25.0 Å². The summed E-state index contributed by atoms with van der Waals surface area (Å²) in [5.41, 5.74) is 1.07. The minimum atomic E-state index is -0.0490. The molecule has 0 bridgehead atoms. The van der Waals surface area contributed by atoms with Gasteiger partial charge in [-0.05, 0) is 36.5 Å². The Balaban J connectivity index is 1.47. The maximum Gasteiger partial charge on any atom is 0.230 e. The van der Waals surface area contributed by atoms with Gasteiger partial charge in [0.2, 0.25) is 11.0 Å². The van der Waals surface area contributed by atoms with Crippen LogP contribution >= 0.6 is 23.1 Å². The Hall–Kier alpha value is -1.84. The molecule has 1 amide bonds. The fourth-order valence-electron chi connectivity index (χ4n) is 3.13. The van der Waals surface area contributed by atoms with E-state index in [9.17, 15) is 4.79 Å². The average Bonchev–Trinajstić information content (AvgIpc) is 3.40. The van der Waals surface area contributed by atoms with Gasteiger partial charge < -0.3 is 20.1 Å². The van der Waals surface area contributed by atoms with Gasteiger partial charge in [-0.25, -0.2) is 0 Å². The number of rotatable bonds is 10.